The summed E-state index contributed by atoms with van der Waals surface area (Å²) in [5.41, 5.74) is 0.240. The third-order valence-corrected chi connectivity index (χ3v) is 6.80. The molecule has 8 nitrogen and oxygen atoms in total. The quantitative estimate of drug-likeness (QED) is 0.829. The zero-order valence-corrected chi connectivity index (χ0v) is 15.9. The van der Waals surface area contributed by atoms with Crippen molar-refractivity contribution in [3.8, 4) is 0 Å². The molecule has 1 saturated carbocycles. The molecule has 2 N–H and O–H groups in total. The predicted octanol–water partition coefficient (Wildman–Crippen LogP) is 1.34. The molecule has 1 aliphatic carbocycles. The third-order valence-electron chi connectivity index (χ3n) is 6.80. The van der Waals surface area contributed by atoms with Gasteiger partial charge >= 0.3 is 6.09 Å². The monoisotopic (exact) mass is 375 g/mol. The molecule has 0 unspecified atom stereocenters. The van der Waals surface area contributed by atoms with Gasteiger partial charge in [-0.3, -0.25) is 4.79 Å². The Labute approximate surface area is 159 Å². The number of likely N-dealkylation sites (tertiary alicyclic amines) is 2. The molecule has 2 aliphatic heterocycles. The number of piperidine rings is 1. The van der Waals surface area contributed by atoms with Crippen LogP contribution < -0.4 is 5.32 Å². The number of carboxylic acid groups (broad SMARTS) is 1. The summed E-state index contributed by atoms with van der Waals surface area (Å²) in [5, 5.41) is 11.8. The molecular weight excluding hydrogens is 346 g/mol. The van der Waals surface area contributed by atoms with Crippen molar-refractivity contribution in [1.82, 2.24) is 24.7 Å². The van der Waals surface area contributed by atoms with Crippen LogP contribution in [0.3, 0.4) is 0 Å². The van der Waals surface area contributed by atoms with Gasteiger partial charge in [0.05, 0.1) is 0 Å². The number of nitrogens with zero attached hydrogens (tertiary/aromatic N) is 4. The van der Waals surface area contributed by atoms with Crippen LogP contribution in [0.4, 0.5) is 4.79 Å². The zero-order valence-electron chi connectivity index (χ0n) is 15.9. The molecule has 27 heavy (non-hydrogen) atoms. The molecule has 1 spiro atoms. The van der Waals surface area contributed by atoms with Crippen LogP contribution in [0, 0.1) is 5.41 Å². The SMILES string of the molecule is CNC(=O)Cn1ccnc1C1CCN(C2CC3(CCN(C(=O)O)C3)C2)CC1. The van der Waals surface area contributed by atoms with Crippen LogP contribution in [-0.4, -0.2) is 75.7 Å². The highest BCUT2D eigenvalue weighted by Crippen LogP contribution is 2.50. The van der Waals surface area contributed by atoms with Crippen molar-refractivity contribution < 1.29 is 14.7 Å². The minimum atomic E-state index is -0.775. The van der Waals surface area contributed by atoms with E-state index in [-0.39, 0.29) is 11.3 Å². The lowest BCUT2D eigenvalue weighted by atomic mass is 9.64. The molecule has 0 atom stereocenters. The van der Waals surface area contributed by atoms with Crippen molar-refractivity contribution in [2.45, 2.75) is 50.6 Å². The summed E-state index contributed by atoms with van der Waals surface area (Å²) in [6, 6.07) is 0.602. The van der Waals surface area contributed by atoms with Gasteiger partial charge in [-0.2, -0.15) is 0 Å². The average Bonchev–Trinajstić information content (AvgIpc) is 3.28. The molecule has 1 aromatic rings. The Bertz CT molecular complexity index is 704. The molecule has 0 bridgehead atoms. The van der Waals surface area contributed by atoms with Crippen molar-refractivity contribution in [3.05, 3.63) is 18.2 Å². The lowest BCUT2D eigenvalue weighted by Gasteiger charge is -2.51. The standard InChI is InChI=1S/C19H29N5O3/c1-20-16(25)12-23-9-5-21-17(23)14-2-6-22(7-3-14)15-10-19(11-15)4-8-24(13-19)18(26)27/h5,9,14-15H,2-4,6-8,10-13H2,1H3,(H,20,25)(H,26,27). The van der Waals surface area contributed by atoms with Gasteiger partial charge in [0, 0.05) is 44.5 Å². The summed E-state index contributed by atoms with van der Waals surface area (Å²) in [4.78, 5) is 31.5. The Kier molecular flexibility index (Phi) is 4.84. The molecule has 2 saturated heterocycles. The van der Waals surface area contributed by atoms with Crippen LogP contribution in [0.1, 0.15) is 43.8 Å². The van der Waals surface area contributed by atoms with E-state index in [0.717, 1.165) is 51.0 Å². The van der Waals surface area contributed by atoms with Crippen LogP contribution in [0.15, 0.2) is 12.4 Å². The molecule has 148 valence electrons. The molecule has 4 rings (SSSR count). The molecule has 8 heteroatoms. The molecular formula is C19H29N5O3. The Morgan fingerprint density at radius 3 is 2.67 bits per heavy atom. The highest BCUT2D eigenvalue weighted by atomic mass is 16.4. The van der Waals surface area contributed by atoms with Crippen LogP contribution >= 0.6 is 0 Å². The molecule has 2 amide bonds. The van der Waals surface area contributed by atoms with Crippen molar-refractivity contribution in [1.29, 1.82) is 0 Å². The maximum atomic E-state index is 11.7. The molecule has 3 aliphatic rings. The van der Waals surface area contributed by atoms with Crippen molar-refractivity contribution in [2.24, 2.45) is 5.41 Å². The zero-order chi connectivity index (χ0) is 19.0. The first-order chi connectivity index (χ1) is 13.0. The molecule has 3 fully saturated rings. The van der Waals surface area contributed by atoms with Gasteiger partial charge in [-0.15, -0.1) is 0 Å². The fourth-order valence-electron chi connectivity index (χ4n) is 5.20. The second-order valence-corrected chi connectivity index (χ2v) is 8.41. The lowest BCUT2D eigenvalue weighted by molar-refractivity contribution is -0.121. The van der Waals surface area contributed by atoms with E-state index in [1.807, 2.05) is 10.8 Å². The number of carbonyl (C=O) groups excluding carboxylic acids is 1. The molecule has 3 heterocycles. The van der Waals surface area contributed by atoms with E-state index in [1.165, 1.54) is 0 Å². The number of hydrogen-bond acceptors (Lipinski definition) is 4. The molecule has 0 aromatic carbocycles. The number of carbonyl (C=O) groups is 2. The minimum absolute atomic E-state index is 0.00146. The second kappa shape index (κ2) is 7.14. The van der Waals surface area contributed by atoms with Crippen LogP contribution in [-0.2, 0) is 11.3 Å². The van der Waals surface area contributed by atoms with Crippen LogP contribution in [0.2, 0.25) is 0 Å². The van der Waals surface area contributed by atoms with Gasteiger partial charge in [-0.25, -0.2) is 9.78 Å². The predicted molar refractivity (Wildman–Crippen MR) is 99.5 cm³/mol. The van der Waals surface area contributed by atoms with E-state index >= 15 is 0 Å². The summed E-state index contributed by atoms with van der Waals surface area (Å²) in [7, 11) is 1.66. The highest BCUT2D eigenvalue weighted by molar-refractivity contribution is 5.75. The third kappa shape index (κ3) is 3.54. The maximum absolute atomic E-state index is 11.7. The van der Waals surface area contributed by atoms with Gasteiger partial charge < -0.3 is 24.8 Å². The Morgan fingerprint density at radius 2 is 2.04 bits per heavy atom. The number of rotatable bonds is 4. The van der Waals surface area contributed by atoms with Crippen molar-refractivity contribution >= 4 is 12.0 Å². The molecule has 0 radical (unpaired) electrons. The van der Waals surface area contributed by atoms with E-state index in [2.05, 4.69) is 15.2 Å². The van der Waals surface area contributed by atoms with E-state index in [9.17, 15) is 14.7 Å². The van der Waals surface area contributed by atoms with Gasteiger partial charge in [0.1, 0.15) is 12.4 Å². The summed E-state index contributed by atoms with van der Waals surface area (Å²) in [5.74, 6) is 1.43. The fraction of sp³-hybridized carbons (Fsp3) is 0.737. The second-order valence-electron chi connectivity index (χ2n) is 8.41. The summed E-state index contributed by atoms with van der Waals surface area (Å²) < 4.78 is 1.97. The largest absolute Gasteiger partial charge is 0.465 e. The summed E-state index contributed by atoms with van der Waals surface area (Å²) in [6.45, 7) is 3.85. The minimum Gasteiger partial charge on any atom is -0.465 e. The number of imidazole rings is 1. The smallest absolute Gasteiger partial charge is 0.407 e. The molecule has 1 aromatic heterocycles. The van der Waals surface area contributed by atoms with Crippen molar-refractivity contribution in [2.75, 3.05) is 33.2 Å². The summed E-state index contributed by atoms with van der Waals surface area (Å²) in [6.07, 6.45) is 8.31. The van der Waals surface area contributed by atoms with Gasteiger partial charge in [0.15, 0.2) is 0 Å². The van der Waals surface area contributed by atoms with Crippen molar-refractivity contribution in [3.63, 3.8) is 0 Å². The van der Waals surface area contributed by atoms with E-state index in [1.54, 1.807) is 18.1 Å². The Balaban J connectivity index is 1.28. The maximum Gasteiger partial charge on any atom is 0.407 e. The number of amides is 2. The van der Waals surface area contributed by atoms with Gasteiger partial charge in [-0.1, -0.05) is 0 Å². The van der Waals surface area contributed by atoms with Gasteiger partial charge in [-0.05, 0) is 50.6 Å². The normalized spacial score (nSPS) is 29.1. The average molecular weight is 375 g/mol. The fourth-order valence-corrected chi connectivity index (χ4v) is 5.20. The number of nitrogens with one attached hydrogen (secondary N) is 1. The summed E-state index contributed by atoms with van der Waals surface area (Å²) >= 11 is 0. The highest BCUT2D eigenvalue weighted by Gasteiger charge is 2.51. The van der Waals surface area contributed by atoms with E-state index in [4.69, 9.17) is 0 Å². The number of likely N-dealkylation sites (N-methyl/N-ethyl adjacent to an activating group) is 1. The Morgan fingerprint density at radius 1 is 1.30 bits per heavy atom. The number of aromatic nitrogens is 2. The first-order valence-electron chi connectivity index (χ1n) is 9.93. The van der Waals surface area contributed by atoms with E-state index in [0.29, 0.717) is 31.6 Å². The topological polar surface area (TPSA) is 90.7 Å². The van der Waals surface area contributed by atoms with Gasteiger partial charge in [0.2, 0.25) is 5.91 Å². The van der Waals surface area contributed by atoms with E-state index < -0.39 is 6.09 Å². The first kappa shape index (κ1) is 18.3. The number of hydrogen-bond donors (Lipinski definition) is 2. The Hall–Kier alpha value is -2.09. The lowest BCUT2D eigenvalue weighted by Crippen LogP contribution is -2.54. The van der Waals surface area contributed by atoms with Gasteiger partial charge in [0.25, 0.3) is 0 Å². The van der Waals surface area contributed by atoms with Crippen LogP contribution in [0.25, 0.3) is 0 Å². The van der Waals surface area contributed by atoms with Crippen LogP contribution in [0.5, 0.6) is 0 Å². The first-order valence-corrected chi connectivity index (χ1v) is 9.93.